The Hall–Kier alpha value is -1.35. The van der Waals surface area contributed by atoms with Crippen molar-refractivity contribution in [3.63, 3.8) is 0 Å². The number of rotatable bonds is 3. The third-order valence-electron chi connectivity index (χ3n) is 1.34. The molecule has 0 bridgehead atoms. The highest BCUT2D eigenvalue weighted by Gasteiger charge is 2.00. The number of allylic oxidation sites excluding steroid dienone is 4. The van der Waals surface area contributed by atoms with Crippen LogP contribution >= 0.6 is 0 Å². The minimum Gasteiger partial charge on any atom is -0.290 e. The fourth-order valence-corrected chi connectivity index (χ4v) is 0.726. The highest BCUT2D eigenvalue weighted by Crippen LogP contribution is 1.99. The second-order valence-corrected chi connectivity index (χ2v) is 2.84. The van der Waals surface area contributed by atoms with Gasteiger partial charge in [0.15, 0.2) is 0 Å². The van der Waals surface area contributed by atoms with E-state index in [1.54, 1.807) is 18.2 Å². The number of carbonyl (C=O) groups is 1. The fraction of sp³-hybridized carbons (Fsp3) is 0.417. The predicted molar refractivity (Wildman–Crippen MR) is 66.0 cm³/mol. The molecule has 3 N–H and O–H groups in total. The molecule has 0 saturated heterocycles. The van der Waals surface area contributed by atoms with Crippen molar-refractivity contribution in [2.45, 2.75) is 34.6 Å². The molecule has 0 fully saturated rings. The van der Waals surface area contributed by atoms with Crippen LogP contribution in [0.2, 0.25) is 0 Å². The number of carbonyl (C=O) groups excluding carboxylic acids is 1. The van der Waals surface area contributed by atoms with Crippen molar-refractivity contribution < 1.29 is 4.79 Å². The Balaban J connectivity index is 0. The van der Waals surface area contributed by atoms with E-state index < -0.39 is 0 Å². The minimum atomic E-state index is -0.282. The Morgan fingerprint density at radius 2 is 1.73 bits per heavy atom. The maximum atomic E-state index is 11.1. The van der Waals surface area contributed by atoms with Gasteiger partial charge in [-0.1, -0.05) is 37.6 Å². The van der Waals surface area contributed by atoms with Gasteiger partial charge in [-0.2, -0.15) is 0 Å². The van der Waals surface area contributed by atoms with Gasteiger partial charge in [-0.3, -0.25) is 10.2 Å². The number of nitrogens with one attached hydrogen (secondary N) is 1. The average molecular weight is 210 g/mol. The van der Waals surface area contributed by atoms with Gasteiger partial charge in [-0.25, -0.2) is 5.84 Å². The summed E-state index contributed by atoms with van der Waals surface area (Å²) < 4.78 is 0. The molecule has 15 heavy (non-hydrogen) atoms. The first-order chi connectivity index (χ1) is 7.11. The van der Waals surface area contributed by atoms with Gasteiger partial charge in [-0.05, 0) is 26.8 Å². The molecule has 0 aliphatic carbocycles. The van der Waals surface area contributed by atoms with Gasteiger partial charge in [0.05, 0.1) is 0 Å². The van der Waals surface area contributed by atoms with E-state index in [4.69, 9.17) is 5.84 Å². The summed E-state index contributed by atoms with van der Waals surface area (Å²) in [6.45, 7) is 9.77. The van der Waals surface area contributed by atoms with Crippen molar-refractivity contribution in [2.24, 2.45) is 5.84 Å². The first-order valence-corrected chi connectivity index (χ1v) is 5.10. The highest BCUT2D eigenvalue weighted by molar-refractivity contribution is 5.96. The molecule has 0 rings (SSSR count). The quantitative estimate of drug-likeness (QED) is 0.247. The van der Waals surface area contributed by atoms with Crippen molar-refractivity contribution in [3.8, 4) is 0 Å². The predicted octanol–water partition coefficient (Wildman–Crippen LogP) is 2.47. The van der Waals surface area contributed by atoms with Crippen LogP contribution in [0, 0.1) is 0 Å². The van der Waals surface area contributed by atoms with E-state index in [9.17, 15) is 4.79 Å². The Labute approximate surface area is 92.7 Å². The van der Waals surface area contributed by atoms with Crippen LogP contribution in [0.25, 0.3) is 0 Å². The van der Waals surface area contributed by atoms with Gasteiger partial charge in [-0.15, -0.1) is 0 Å². The maximum absolute atomic E-state index is 11.1. The van der Waals surface area contributed by atoms with E-state index in [2.05, 4.69) is 5.43 Å². The summed E-state index contributed by atoms with van der Waals surface area (Å²) in [5.41, 5.74) is 3.76. The lowest BCUT2D eigenvalue weighted by Gasteiger charge is -1.98. The van der Waals surface area contributed by atoms with Gasteiger partial charge in [0.2, 0.25) is 0 Å². The number of hydrogen-bond acceptors (Lipinski definition) is 2. The SMILES string of the molecule is C/C=C\C(=C/C=C(C)C)C(=O)NN.CC. The molecular formula is C12H22N2O. The molecule has 0 aliphatic heterocycles. The number of nitrogens with two attached hydrogens (primary N) is 1. The van der Waals surface area contributed by atoms with Gasteiger partial charge < -0.3 is 0 Å². The molecule has 0 saturated carbocycles. The molecule has 0 atom stereocenters. The molecule has 0 aromatic heterocycles. The van der Waals surface area contributed by atoms with Gasteiger partial charge in [0, 0.05) is 5.57 Å². The van der Waals surface area contributed by atoms with Crippen molar-refractivity contribution in [3.05, 3.63) is 35.5 Å². The minimum absolute atomic E-state index is 0.282. The summed E-state index contributed by atoms with van der Waals surface area (Å²) in [5, 5.41) is 0. The monoisotopic (exact) mass is 210 g/mol. The standard InChI is InChI=1S/C10H16N2O.C2H6/c1-4-5-9(10(13)12-11)7-6-8(2)3;1-2/h4-7H,11H2,1-3H3,(H,12,13);1-2H3/b5-4-,9-7+;. The van der Waals surface area contributed by atoms with Crippen molar-refractivity contribution >= 4 is 5.91 Å². The lowest BCUT2D eigenvalue weighted by Crippen LogP contribution is -2.30. The maximum Gasteiger partial charge on any atom is 0.265 e. The van der Waals surface area contributed by atoms with Crippen LogP contribution in [0.5, 0.6) is 0 Å². The molecule has 3 nitrogen and oxygen atoms in total. The summed E-state index contributed by atoms with van der Waals surface area (Å²) in [6.07, 6.45) is 7.10. The zero-order valence-electron chi connectivity index (χ0n) is 10.3. The van der Waals surface area contributed by atoms with E-state index in [0.29, 0.717) is 5.57 Å². The zero-order valence-corrected chi connectivity index (χ0v) is 10.3. The molecule has 0 spiro atoms. The number of hydrogen-bond donors (Lipinski definition) is 2. The summed E-state index contributed by atoms with van der Waals surface area (Å²) in [5.74, 6) is 4.73. The van der Waals surface area contributed by atoms with Gasteiger partial charge in [0.1, 0.15) is 0 Å². The van der Waals surface area contributed by atoms with Crippen LogP contribution in [0.4, 0.5) is 0 Å². The molecule has 0 aromatic rings. The summed E-state index contributed by atoms with van der Waals surface area (Å²) >= 11 is 0. The largest absolute Gasteiger partial charge is 0.290 e. The van der Waals surface area contributed by atoms with Crippen LogP contribution < -0.4 is 11.3 Å². The van der Waals surface area contributed by atoms with E-state index in [1.165, 1.54) is 0 Å². The van der Waals surface area contributed by atoms with E-state index >= 15 is 0 Å². The lowest BCUT2D eigenvalue weighted by molar-refractivity contribution is -0.117. The third kappa shape index (κ3) is 8.97. The number of hydrazine groups is 1. The second kappa shape index (κ2) is 10.7. The second-order valence-electron chi connectivity index (χ2n) is 2.84. The van der Waals surface area contributed by atoms with E-state index in [-0.39, 0.29) is 5.91 Å². The molecule has 0 heterocycles. The van der Waals surface area contributed by atoms with Gasteiger partial charge in [0.25, 0.3) is 5.91 Å². The zero-order chi connectivity index (χ0) is 12.3. The molecule has 0 unspecified atom stereocenters. The van der Waals surface area contributed by atoms with Crippen LogP contribution in [0.1, 0.15) is 34.6 Å². The van der Waals surface area contributed by atoms with E-state index in [0.717, 1.165) is 5.57 Å². The lowest BCUT2D eigenvalue weighted by atomic mass is 10.2. The van der Waals surface area contributed by atoms with Crippen molar-refractivity contribution in [2.75, 3.05) is 0 Å². The molecular weight excluding hydrogens is 188 g/mol. The molecule has 0 radical (unpaired) electrons. The first kappa shape index (κ1) is 16.1. The first-order valence-electron chi connectivity index (χ1n) is 5.10. The average Bonchev–Trinajstić information content (AvgIpc) is 2.25. The fourth-order valence-electron chi connectivity index (χ4n) is 0.726. The van der Waals surface area contributed by atoms with Crippen molar-refractivity contribution in [1.82, 2.24) is 5.43 Å². The summed E-state index contributed by atoms with van der Waals surface area (Å²) in [6, 6.07) is 0. The molecule has 0 aromatic carbocycles. The molecule has 1 amide bonds. The Kier molecular flexibility index (Phi) is 11.5. The molecule has 3 heteroatoms. The topological polar surface area (TPSA) is 55.1 Å². The Morgan fingerprint density at radius 1 is 1.20 bits per heavy atom. The van der Waals surface area contributed by atoms with E-state index in [1.807, 2.05) is 40.7 Å². The molecule has 86 valence electrons. The van der Waals surface area contributed by atoms with Gasteiger partial charge >= 0.3 is 0 Å². The Morgan fingerprint density at radius 3 is 2.07 bits per heavy atom. The smallest absolute Gasteiger partial charge is 0.265 e. The Bertz CT molecular complexity index is 259. The summed E-state index contributed by atoms with van der Waals surface area (Å²) in [7, 11) is 0. The normalized spacial score (nSPS) is 10.4. The third-order valence-corrected chi connectivity index (χ3v) is 1.34. The van der Waals surface area contributed by atoms with Crippen LogP contribution in [-0.2, 0) is 4.79 Å². The molecule has 0 aliphatic rings. The van der Waals surface area contributed by atoms with Crippen LogP contribution in [-0.4, -0.2) is 5.91 Å². The van der Waals surface area contributed by atoms with Crippen LogP contribution in [0.3, 0.4) is 0 Å². The summed E-state index contributed by atoms with van der Waals surface area (Å²) in [4.78, 5) is 11.1. The van der Waals surface area contributed by atoms with Crippen LogP contribution in [0.15, 0.2) is 35.5 Å². The highest BCUT2D eigenvalue weighted by atomic mass is 16.2. The van der Waals surface area contributed by atoms with Crippen molar-refractivity contribution in [1.29, 1.82) is 0 Å². The number of amides is 1.